The van der Waals surface area contributed by atoms with Gasteiger partial charge in [-0.3, -0.25) is 0 Å². The normalized spacial score (nSPS) is 19.1. The van der Waals surface area contributed by atoms with Crippen LogP contribution in [0.15, 0.2) is 22.8 Å². The van der Waals surface area contributed by atoms with Crippen molar-refractivity contribution in [3.63, 3.8) is 0 Å². The largest absolute Gasteiger partial charge is 0.468 e. The maximum absolute atomic E-state index is 5.25. The molecule has 1 saturated heterocycles. The molecule has 2 N–H and O–H groups in total. The summed E-state index contributed by atoms with van der Waals surface area (Å²) in [6.07, 6.45) is 4.17. The Morgan fingerprint density at radius 3 is 3.00 bits per heavy atom. The van der Waals surface area contributed by atoms with Gasteiger partial charge in [-0.05, 0) is 38.1 Å². The first kappa shape index (κ1) is 8.78. The highest BCUT2D eigenvalue weighted by molar-refractivity contribution is 4.97. The number of furan rings is 1. The molecule has 0 radical (unpaired) electrons. The minimum Gasteiger partial charge on any atom is -0.468 e. The van der Waals surface area contributed by atoms with E-state index in [-0.39, 0.29) is 0 Å². The fourth-order valence-corrected chi connectivity index (χ4v) is 1.68. The summed E-state index contributed by atoms with van der Waals surface area (Å²) in [4.78, 5) is 0. The molecule has 1 aliphatic rings. The third-order valence-corrected chi connectivity index (χ3v) is 2.48. The Bertz CT molecular complexity index is 227. The standard InChI is InChI=1S/C10H16N2O/c1-2-10(13-7-1)8-12-9-3-5-11-6-4-9/h1-2,7,9,11-12H,3-6,8H2. The highest BCUT2D eigenvalue weighted by atomic mass is 16.3. The van der Waals surface area contributed by atoms with E-state index in [9.17, 15) is 0 Å². The molecule has 1 fully saturated rings. The quantitative estimate of drug-likeness (QED) is 0.732. The molecule has 0 spiro atoms. The molecular formula is C10H16N2O. The fraction of sp³-hybridized carbons (Fsp3) is 0.600. The third kappa shape index (κ3) is 2.57. The Labute approximate surface area is 78.5 Å². The smallest absolute Gasteiger partial charge is 0.117 e. The van der Waals surface area contributed by atoms with Gasteiger partial charge in [-0.15, -0.1) is 0 Å². The van der Waals surface area contributed by atoms with Crippen molar-refractivity contribution in [2.24, 2.45) is 0 Å². The van der Waals surface area contributed by atoms with Crippen LogP contribution in [-0.2, 0) is 6.54 Å². The van der Waals surface area contributed by atoms with Gasteiger partial charge in [0.05, 0.1) is 12.8 Å². The Morgan fingerprint density at radius 2 is 2.31 bits per heavy atom. The van der Waals surface area contributed by atoms with Gasteiger partial charge in [-0.2, -0.15) is 0 Å². The second-order valence-corrected chi connectivity index (χ2v) is 3.48. The van der Waals surface area contributed by atoms with E-state index < -0.39 is 0 Å². The Kier molecular flexibility index (Phi) is 3.00. The van der Waals surface area contributed by atoms with Crippen LogP contribution >= 0.6 is 0 Å². The van der Waals surface area contributed by atoms with Gasteiger partial charge in [0.25, 0.3) is 0 Å². The van der Waals surface area contributed by atoms with Gasteiger partial charge in [-0.1, -0.05) is 0 Å². The Morgan fingerprint density at radius 1 is 1.46 bits per heavy atom. The van der Waals surface area contributed by atoms with Gasteiger partial charge >= 0.3 is 0 Å². The van der Waals surface area contributed by atoms with Crippen LogP contribution in [0, 0.1) is 0 Å². The molecule has 1 aromatic rings. The number of piperidine rings is 1. The number of hydrogen-bond acceptors (Lipinski definition) is 3. The van der Waals surface area contributed by atoms with E-state index in [2.05, 4.69) is 10.6 Å². The van der Waals surface area contributed by atoms with Gasteiger partial charge in [0.15, 0.2) is 0 Å². The van der Waals surface area contributed by atoms with Crippen LogP contribution in [0.2, 0.25) is 0 Å². The highest BCUT2D eigenvalue weighted by Gasteiger charge is 2.11. The van der Waals surface area contributed by atoms with Gasteiger partial charge in [0.2, 0.25) is 0 Å². The summed E-state index contributed by atoms with van der Waals surface area (Å²) < 4.78 is 5.25. The molecule has 13 heavy (non-hydrogen) atoms. The fourth-order valence-electron chi connectivity index (χ4n) is 1.68. The van der Waals surface area contributed by atoms with Crippen LogP contribution in [0.5, 0.6) is 0 Å². The molecule has 0 atom stereocenters. The van der Waals surface area contributed by atoms with Gasteiger partial charge in [0.1, 0.15) is 5.76 Å². The lowest BCUT2D eigenvalue weighted by Crippen LogP contribution is -2.39. The second-order valence-electron chi connectivity index (χ2n) is 3.48. The second kappa shape index (κ2) is 4.44. The summed E-state index contributed by atoms with van der Waals surface area (Å²) in [5.74, 6) is 1.03. The van der Waals surface area contributed by atoms with E-state index >= 15 is 0 Å². The van der Waals surface area contributed by atoms with Crippen molar-refractivity contribution >= 4 is 0 Å². The van der Waals surface area contributed by atoms with Crippen molar-refractivity contribution in [3.05, 3.63) is 24.2 Å². The molecule has 3 heteroatoms. The lowest BCUT2D eigenvalue weighted by molar-refractivity contribution is 0.368. The molecule has 0 bridgehead atoms. The van der Waals surface area contributed by atoms with Gasteiger partial charge in [0, 0.05) is 6.04 Å². The summed E-state index contributed by atoms with van der Waals surface area (Å²) in [6, 6.07) is 4.60. The molecule has 0 aliphatic carbocycles. The predicted molar refractivity (Wildman–Crippen MR) is 51.4 cm³/mol. The zero-order valence-electron chi connectivity index (χ0n) is 7.75. The van der Waals surface area contributed by atoms with Crippen LogP contribution in [-0.4, -0.2) is 19.1 Å². The highest BCUT2D eigenvalue weighted by Crippen LogP contribution is 2.05. The van der Waals surface area contributed by atoms with Crippen molar-refractivity contribution in [2.45, 2.75) is 25.4 Å². The number of hydrogen-bond donors (Lipinski definition) is 2. The molecule has 3 nitrogen and oxygen atoms in total. The lowest BCUT2D eigenvalue weighted by Gasteiger charge is -2.23. The summed E-state index contributed by atoms with van der Waals surface area (Å²) in [7, 11) is 0. The van der Waals surface area contributed by atoms with E-state index in [1.807, 2.05) is 12.1 Å². The monoisotopic (exact) mass is 180 g/mol. The molecule has 1 aromatic heterocycles. The molecule has 0 saturated carbocycles. The average molecular weight is 180 g/mol. The van der Waals surface area contributed by atoms with E-state index in [0.29, 0.717) is 6.04 Å². The SMILES string of the molecule is c1coc(CNC2CCNCC2)c1. The van der Waals surface area contributed by atoms with Crippen molar-refractivity contribution in [1.82, 2.24) is 10.6 Å². The van der Waals surface area contributed by atoms with E-state index in [1.165, 1.54) is 12.8 Å². The summed E-state index contributed by atoms with van der Waals surface area (Å²) in [5.41, 5.74) is 0. The third-order valence-electron chi connectivity index (χ3n) is 2.48. The van der Waals surface area contributed by atoms with Crippen LogP contribution < -0.4 is 10.6 Å². The topological polar surface area (TPSA) is 37.2 Å². The summed E-state index contributed by atoms with van der Waals surface area (Å²) >= 11 is 0. The van der Waals surface area contributed by atoms with Crippen molar-refractivity contribution in [2.75, 3.05) is 13.1 Å². The van der Waals surface area contributed by atoms with Crippen molar-refractivity contribution in [3.8, 4) is 0 Å². The number of rotatable bonds is 3. The van der Waals surface area contributed by atoms with Crippen molar-refractivity contribution < 1.29 is 4.42 Å². The molecule has 1 aliphatic heterocycles. The molecule has 0 unspecified atom stereocenters. The summed E-state index contributed by atoms with van der Waals surface area (Å²) in [6.45, 7) is 3.13. The zero-order chi connectivity index (χ0) is 8.93. The first-order valence-electron chi connectivity index (χ1n) is 4.91. The minimum atomic E-state index is 0.659. The van der Waals surface area contributed by atoms with Gasteiger partial charge in [-0.25, -0.2) is 0 Å². The molecule has 0 amide bonds. The number of nitrogens with one attached hydrogen (secondary N) is 2. The molecule has 2 rings (SSSR count). The van der Waals surface area contributed by atoms with Gasteiger partial charge < -0.3 is 15.1 Å². The maximum Gasteiger partial charge on any atom is 0.117 e. The first-order valence-corrected chi connectivity index (χ1v) is 4.91. The minimum absolute atomic E-state index is 0.659. The predicted octanol–water partition coefficient (Wildman–Crippen LogP) is 1.12. The van der Waals surface area contributed by atoms with E-state index in [0.717, 1.165) is 25.4 Å². The van der Waals surface area contributed by atoms with Crippen LogP contribution in [0.1, 0.15) is 18.6 Å². The van der Waals surface area contributed by atoms with Crippen LogP contribution in [0.3, 0.4) is 0 Å². The molecular weight excluding hydrogens is 164 g/mol. The Hall–Kier alpha value is -0.800. The van der Waals surface area contributed by atoms with E-state index in [4.69, 9.17) is 4.42 Å². The Balaban J connectivity index is 1.72. The van der Waals surface area contributed by atoms with Crippen molar-refractivity contribution in [1.29, 1.82) is 0 Å². The lowest BCUT2D eigenvalue weighted by atomic mass is 10.1. The van der Waals surface area contributed by atoms with Crippen LogP contribution in [0.4, 0.5) is 0 Å². The first-order chi connectivity index (χ1) is 6.45. The average Bonchev–Trinajstić information content (AvgIpc) is 2.69. The molecule has 0 aromatic carbocycles. The zero-order valence-corrected chi connectivity index (χ0v) is 7.75. The van der Waals surface area contributed by atoms with Crippen LogP contribution in [0.25, 0.3) is 0 Å². The summed E-state index contributed by atoms with van der Waals surface area (Å²) in [5, 5.41) is 6.83. The maximum atomic E-state index is 5.25. The molecule has 2 heterocycles. The molecule has 72 valence electrons. The van der Waals surface area contributed by atoms with E-state index in [1.54, 1.807) is 6.26 Å².